The van der Waals surface area contributed by atoms with Gasteiger partial charge >= 0.3 is 6.18 Å². The number of hydrogen-bond acceptors (Lipinski definition) is 5. The van der Waals surface area contributed by atoms with Gasteiger partial charge in [-0.2, -0.15) is 18.3 Å². The molecule has 0 heterocycles. The SMILES string of the molecule is COc1cc(N=Nc2ccc(N)cc2C(F)(F)F)c(C)cc1N. The van der Waals surface area contributed by atoms with Gasteiger partial charge in [-0.25, -0.2) is 0 Å². The van der Waals surface area contributed by atoms with Gasteiger partial charge < -0.3 is 16.2 Å². The van der Waals surface area contributed by atoms with Gasteiger partial charge in [0.2, 0.25) is 0 Å². The number of nitrogen functional groups attached to an aromatic ring is 2. The number of rotatable bonds is 3. The minimum Gasteiger partial charge on any atom is -0.495 e. The van der Waals surface area contributed by atoms with Crippen molar-refractivity contribution >= 4 is 22.7 Å². The highest BCUT2D eigenvalue weighted by Crippen LogP contribution is 2.39. The average molecular weight is 324 g/mol. The lowest BCUT2D eigenvalue weighted by Crippen LogP contribution is -2.05. The van der Waals surface area contributed by atoms with E-state index < -0.39 is 11.7 Å². The van der Waals surface area contributed by atoms with Gasteiger partial charge in [-0.1, -0.05) is 0 Å². The summed E-state index contributed by atoms with van der Waals surface area (Å²) in [6, 6.07) is 6.45. The van der Waals surface area contributed by atoms with Crippen molar-refractivity contribution < 1.29 is 17.9 Å². The van der Waals surface area contributed by atoms with E-state index in [0.717, 1.165) is 6.07 Å². The number of hydrogen-bond donors (Lipinski definition) is 2. The number of halogens is 3. The zero-order chi connectivity index (χ0) is 17.2. The third-order valence-corrected chi connectivity index (χ3v) is 3.14. The van der Waals surface area contributed by atoms with Gasteiger partial charge in [-0.3, -0.25) is 0 Å². The van der Waals surface area contributed by atoms with Crippen LogP contribution in [0.4, 0.5) is 35.9 Å². The molecule has 0 amide bonds. The molecule has 0 bridgehead atoms. The average Bonchev–Trinajstić information content (AvgIpc) is 2.46. The van der Waals surface area contributed by atoms with Crippen molar-refractivity contribution in [3.05, 3.63) is 41.5 Å². The summed E-state index contributed by atoms with van der Waals surface area (Å²) in [5, 5.41) is 7.58. The summed E-state index contributed by atoms with van der Waals surface area (Å²) in [6.07, 6.45) is -4.57. The first-order chi connectivity index (χ1) is 10.7. The van der Waals surface area contributed by atoms with Crippen molar-refractivity contribution in [2.24, 2.45) is 10.2 Å². The van der Waals surface area contributed by atoms with E-state index in [4.69, 9.17) is 16.2 Å². The zero-order valence-corrected chi connectivity index (χ0v) is 12.5. The number of benzene rings is 2. The second kappa shape index (κ2) is 6.15. The van der Waals surface area contributed by atoms with Gasteiger partial charge in [0.05, 0.1) is 29.7 Å². The van der Waals surface area contributed by atoms with Gasteiger partial charge in [-0.05, 0) is 36.8 Å². The summed E-state index contributed by atoms with van der Waals surface area (Å²) in [6.45, 7) is 1.72. The third kappa shape index (κ3) is 3.71. The zero-order valence-electron chi connectivity index (χ0n) is 12.5. The molecule has 2 aromatic rings. The topological polar surface area (TPSA) is 86.0 Å². The molecule has 0 saturated heterocycles. The van der Waals surface area contributed by atoms with Gasteiger partial charge in [0, 0.05) is 11.8 Å². The fourth-order valence-corrected chi connectivity index (χ4v) is 1.96. The molecule has 122 valence electrons. The van der Waals surface area contributed by atoms with E-state index in [0.29, 0.717) is 22.7 Å². The van der Waals surface area contributed by atoms with Crippen molar-refractivity contribution in [3.8, 4) is 5.75 Å². The predicted molar refractivity (Wildman–Crippen MR) is 82.2 cm³/mol. The lowest BCUT2D eigenvalue weighted by Gasteiger charge is -2.10. The van der Waals surface area contributed by atoms with Crippen LogP contribution in [0.3, 0.4) is 0 Å². The van der Waals surface area contributed by atoms with Crippen LogP contribution in [0.5, 0.6) is 5.75 Å². The number of azo groups is 1. The van der Waals surface area contributed by atoms with Crippen LogP contribution < -0.4 is 16.2 Å². The smallest absolute Gasteiger partial charge is 0.418 e. The molecule has 2 rings (SSSR count). The Labute approximate surface area is 130 Å². The lowest BCUT2D eigenvalue weighted by atomic mass is 10.1. The molecule has 0 radical (unpaired) electrons. The molecule has 0 spiro atoms. The summed E-state index contributed by atoms with van der Waals surface area (Å²) in [4.78, 5) is 0. The van der Waals surface area contributed by atoms with Gasteiger partial charge in [0.25, 0.3) is 0 Å². The molecule has 0 unspecified atom stereocenters. The van der Waals surface area contributed by atoms with Crippen LogP contribution in [0.15, 0.2) is 40.6 Å². The number of anilines is 2. The summed E-state index contributed by atoms with van der Waals surface area (Å²) < 4.78 is 44.1. The Hall–Kier alpha value is -2.77. The molecule has 0 aliphatic carbocycles. The van der Waals surface area contributed by atoms with E-state index in [9.17, 15) is 13.2 Å². The van der Waals surface area contributed by atoms with Crippen molar-refractivity contribution in [2.45, 2.75) is 13.1 Å². The van der Waals surface area contributed by atoms with Crippen LogP contribution in [0.25, 0.3) is 0 Å². The van der Waals surface area contributed by atoms with Crippen LogP contribution in [-0.4, -0.2) is 7.11 Å². The Morgan fingerprint density at radius 2 is 1.65 bits per heavy atom. The van der Waals surface area contributed by atoms with E-state index in [1.54, 1.807) is 13.0 Å². The van der Waals surface area contributed by atoms with Crippen LogP contribution in [0.2, 0.25) is 0 Å². The Kier molecular flexibility index (Phi) is 4.44. The Bertz CT molecular complexity index is 757. The molecule has 0 aliphatic rings. The van der Waals surface area contributed by atoms with Gasteiger partial charge in [0.15, 0.2) is 0 Å². The molecule has 0 aromatic heterocycles. The standard InChI is InChI=1S/C15H15F3N4O/c1-8-5-11(20)14(23-2)7-13(8)22-21-12-4-3-9(19)6-10(12)15(16,17)18/h3-7H,19-20H2,1-2H3. The normalized spacial score (nSPS) is 11.9. The van der Waals surface area contributed by atoms with Crippen molar-refractivity contribution in [1.29, 1.82) is 0 Å². The highest BCUT2D eigenvalue weighted by atomic mass is 19.4. The molecule has 0 atom stereocenters. The number of alkyl halides is 3. The van der Waals surface area contributed by atoms with Crippen LogP contribution in [-0.2, 0) is 6.18 Å². The molecular formula is C15H15F3N4O. The minimum atomic E-state index is -4.57. The Balaban J connectivity index is 2.46. The molecule has 0 fully saturated rings. The first-order valence-corrected chi connectivity index (χ1v) is 6.55. The van der Waals surface area contributed by atoms with Crippen LogP contribution in [0.1, 0.15) is 11.1 Å². The maximum Gasteiger partial charge on any atom is 0.418 e. The van der Waals surface area contributed by atoms with Gasteiger partial charge in [-0.15, -0.1) is 5.11 Å². The van der Waals surface area contributed by atoms with Crippen molar-refractivity contribution in [1.82, 2.24) is 0 Å². The van der Waals surface area contributed by atoms with Crippen LogP contribution in [0, 0.1) is 6.92 Å². The summed E-state index contributed by atoms with van der Waals surface area (Å²) >= 11 is 0. The third-order valence-electron chi connectivity index (χ3n) is 3.14. The molecule has 23 heavy (non-hydrogen) atoms. The van der Waals surface area contributed by atoms with E-state index in [1.165, 1.54) is 25.3 Å². The van der Waals surface area contributed by atoms with Gasteiger partial charge in [0.1, 0.15) is 5.75 Å². The first kappa shape index (κ1) is 16.6. The van der Waals surface area contributed by atoms with E-state index in [-0.39, 0.29) is 11.4 Å². The second-order valence-corrected chi connectivity index (χ2v) is 4.85. The fraction of sp³-hybridized carbons (Fsp3) is 0.200. The summed E-state index contributed by atoms with van der Waals surface area (Å²) in [7, 11) is 1.43. The van der Waals surface area contributed by atoms with Crippen LogP contribution >= 0.6 is 0 Å². The number of methoxy groups -OCH3 is 1. The van der Waals surface area contributed by atoms with Crippen molar-refractivity contribution in [3.63, 3.8) is 0 Å². The summed E-state index contributed by atoms with van der Waals surface area (Å²) in [5.74, 6) is 0.373. The highest BCUT2D eigenvalue weighted by molar-refractivity contribution is 5.63. The molecule has 0 saturated carbocycles. The Morgan fingerprint density at radius 3 is 2.26 bits per heavy atom. The second-order valence-electron chi connectivity index (χ2n) is 4.85. The molecule has 5 nitrogen and oxygen atoms in total. The number of aryl methyl sites for hydroxylation is 1. The molecule has 0 aliphatic heterocycles. The molecule has 2 aromatic carbocycles. The first-order valence-electron chi connectivity index (χ1n) is 6.55. The number of ether oxygens (including phenoxy) is 1. The maximum absolute atomic E-state index is 13.0. The number of nitrogens with two attached hydrogens (primary N) is 2. The Morgan fingerprint density at radius 1 is 1.00 bits per heavy atom. The maximum atomic E-state index is 13.0. The minimum absolute atomic E-state index is 0.00149. The quantitative estimate of drug-likeness (QED) is 0.639. The fourth-order valence-electron chi connectivity index (χ4n) is 1.96. The number of nitrogens with zero attached hydrogens (tertiary/aromatic N) is 2. The lowest BCUT2D eigenvalue weighted by molar-refractivity contribution is -0.137. The van der Waals surface area contributed by atoms with Crippen molar-refractivity contribution in [2.75, 3.05) is 18.6 Å². The monoisotopic (exact) mass is 324 g/mol. The largest absolute Gasteiger partial charge is 0.495 e. The molecule has 4 N–H and O–H groups in total. The highest BCUT2D eigenvalue weighted by Gasteiger charge is 2.33. The molecule has 8 heteroatoms. The summed E-state index contributed by atoms with van der Waals surface area (Å²) in [5.41, 5.74) is 11.3. The molecular weight excluding hydrogens is 309 g/mol. The predicted octanol–water partition coefficient (Wildman–Crippen LogP) is 4.60. The van der Waals surface area contributed by atoms with E-state index in [1.807, 2.05) is 0 Å². The van der Waals surface area contributed by atoms with E-state index in [2.05, 4.69) is 10.2 Å². The van der Waals surface area contributed by atoms with E-state index >= 15 is 0 Å².